The number of fused-ring (bicyclic) bond motifs is 3. The van der Waals surface area contributed by atoms with Crippen molar-refractivity contribution in [2.24, 2.45) is 0 Å². The van der Waals surface area contributed by atoms with Crippen LogP contribution in [0.15, 0.2) is 29.1 Å². The van der Waals surface area contributed by atoms with Gasteiger partial charge in [-0.3, -0.25) is 9.59 Å². The molecule has 0 aliphatic heterocycles. The fourth-order valence-corrected chi connectivity index (χ4v) is 5.03. The summed E-state index contributed by atoms with van der Waals surface area (Å²) in [6, 6.07) is 7.61. The number of nitrogens with one attached hydrogen (secondary N) is 3. The van der Waals surface area contributed by atoms with Gasteiger partial charge in [0.05, 0.1) is 12.4 Å². The minimum Gasteiger partial charge on any atom is -0.355 e. The van der Waals surface area contributed by atoms with Gasteiger partial charge in [0, 0.05) is 23.1 Å². The minimum atomic E-state index is -0.0832. The largest absolute Gasteiger partial charge is 0.355 e. The summed E-state index contributed by atoms with van der Waals surface area (Å²) >= 11 is 1.67. The van der Waals surface area contributed by atoms with Crippen LogP contribution in [0.2, 0.25) is 0 Å². The molecule has 4 rings (SSSR count). The van der Waals surface area contributed by atoms with E-state index in [0.29, 0.717) is 12.1 Å². The van der Waals surface area contributed by atoms with Crippen molar-refractivity contribution in [3.05, 3.63) is 62.0 Å². The zero-order chi connectivity index (χ0) is 19.0. The molecule has 1 aliphatic rings. The SMILES string of the molecule is CNC(=O)c1ccc(C[NH+](C)Cc2nc3sc4c(c3c(=O)[nH]2)CCC4)cc1. The smallest absolute Gasteiger partial charge is 0.260 e. The third kappa shape index (κ3) is 3.52. The number of aromatic amines is 1. The second-order valence-electron chi connectivity index (χ2n) is 7.14. The predicted octanol–water partition coefficient (Wildman–Crippen LogP) is 1.05. The number of carbonyl (C=O) groups excluding carboxylic acids is 1. The highest BCUT2D eigenvalue weighted by Crippen LogP contribution is 2.34. The molecule has 7 heteroatoms. The maximum Gasteiger partial charge on any atom is 0.260 e. The molecule has 6 nitrogen and oxygen atoms in total. The average Bonchev–Trinajstić information content (AvgIpc) is 3.22. The summed E-state index contributed by atoms with van der Waals surface area (Å²) in [5, 5.41) is 3.43. The lowest BCUT2D eigenvalue weighted by molar-refractivity contribution is -0.908. The molecule has 2 aromatic heterocycles. The molecule has 3 aromatic rings. The zero-order valence-corrected chi connectivity index (χ0v) is 16.3. The molecule has 140 valence electrons. The number of aryl methyl sites for hydroxylation is 2. The van der Waals surface area contributed by atoms with Gasteiger partial charge in [-0.15, -0.1) is 11.3 Å². The minimum absolute atomic E-state index is 0.00266. The van der Waals surface area contributed by atoms with Crippen molar-refractivity contribution in [2.75, 3.05) is 14.1 Å². The van der Waals surface area contributed by atoms with Crippen molar-refractivity contribution in [1.29, 1.82) is 0 Å². The average molecular weight is 383 g/mol. The van der Waals surface area contributed by atoms with Crippen LogP contribution in [0.5, 0.6) is 0 Å². The Balaban J connectivity index is 1.49. The number of rotatable bonds is 5. The van der Waals surface area contributed by atoms with Crippen molar-refractivity contribution < 1.29 is 9.69 Å². The van der Waals surface area contributed by atoms with E-state index in [9.17, 15) is 9.59 Å². The van der Waals surface area contributed by atoms with Gasteiger partial charge in [0.25, 0.3) is 11.5 Å². The molecule has 0 saturated heterocycles. The summed E-state index contributed by atoms with van der Waals surface area (Å²) in [5.74, 6) is 0.645. The molecule has 0 bridgehead atoms. The van der Waals surface area contributed by atoms with Gasteiger partial charge < -0.3 is 15.2 Å². The van der Waals surface area contributed by atoms with E-state index >= 15 is 0 Å². The van der Waals surface area contributed by atoms with E-state index in [4.69, 9.17) is 4.98 Å². The quantitative estimate of drug-likeness (QED) is 0.616. The van der Waals surface area contributed by atoms with Crippen molar-refractivity contribution in [3.63, 3.8) is 0 Å². The van der Waals surface area contributed by atoms with Crippen molar-refractivity contribution >= 4 is 27.5 Å². The molecule has 0 radical (unpaired) electrons. The molecule has 1 aliphatic carbocycles. The van der Waals surface area contributed by atoms with Crippen LogP contribution in [0, 0.1) is 0 Å². The number of H-pyrrole nitrogens is 1. The van der Waals surface area contributed by atoms with Crippen LogP contribution in [-0.2, 0) is 25.9 Å². The molecule has 3 N–H and O–H groups in total. The number of quaternary nitrogens is 1. The molecule has 1 unspecified atom stereocenters. The number of nitrogens with zero attached hydrogens (tertiary/aromatic N) is 1. The van der Waals surface area contributed by atoms with E-state index < -0.39 is 0 Å². The van der Waals surface area contributed by atoms with Crippen LogP contribution < -0.4 is 15.8 Å². The Morgan fingerprint density at radius 3 is 2.78 bits per heavy atom. The first-order valence-electron chi connectivity index (χ1n) is 9.21. The summed E-state index contributed by atoms with van der Waals surface area (Å²) in [7, 11) is 3.70. The highest BCUT2D eigenvalue weighted by Gasteiger charge is 2.21. The van der Waals surface area contributed by atoms with Crippen LogP contribution in [-0.4, -0.2) is 30.0 Å². The molecule has 0 fully saturated rings. The van der Waals surface area contributed by atoms with Gasteiger partial charge in [-0.1, -0.05) is 12.1 Å². The second kappa shape index (κ2) is 7.25. The fraction of sp³-hybridized carbons (Fsp3) is 0.350. The van der Waals surface area contributed by atoms with E-state index in [1.807, 2.05) is 24.3 Å². The summed E-state index contributed by atoms with van der Waals surface area (Å²) in [6.07, 6.45) is 3.21. The summed E-state index contributed by atoms with van der Waals surface area (Å²) in [6.45, 7) is 1.43. The van der Waals surface area contributed by atoms with Crippen LogP contribution in [0.1, 0.15) is 38.6 Å². The van der Waals surface area contributed by atoms with Crippen molar-refractivity contribution in [1.82, 2.24) is 15.3 Å². The number of hydrogen-bond acceptors (Lipinski definition) is 4. The Bertz CT molecular complexity index is 1050. The second-order valence-corrected chi connectivity index (χ2v) is 8.22. The Labute approximate surface area is 161 Å². The van der Waals surface area contributed by atoms with E-state index in [1.54, 1.807) is 18.4 Å². The third-order valence-corrected chi connectivity index (χ3v) is 6.23. The number of benzene rings is 1. The standard InChI is InChI=1S/C20H22N4O2S/c1-21-18(25)13-8-6-12(7-9-13)10-24(2)11-16-22-19(26)17-14-4-3-5-15(14)27-20(17)23-16/h6-9H,3-5,10-11H2,1-2H3,(H,21,25)(H,22,23,26)/p+1. The normalized spacial score (nSPS) is 14.3. The topological polar surface area (TPSA) is 79.3 Å². The first-order valence-corrected chi connectivity index (χ1v) is 10.0. The molecular formula is C20H23N4O2S+. The molecule has 0 saturated carbocycles. The lowest BCUT2D eigenvalue weighted by Gasteiger charge is -2.13. The molecule has 1 atom stereocenters. The number of amides is 1. The van der Waals surface area contributed by atoms with E-state index in [-0.39, 0.29) is 11.5 Å². The summed E-state index contributed by atoms with van der Waals surface area (Å²) in [4.78, 5) is 35.3. The van der Waals surface area contributed by atoms with Gasteiger partial charge in [0.15, 0.2) is 5.82 Å². The van der Waals surface area contributed by atoms with E-state index in [1.165, 1.54) is 15.3 Å². The number of aromatic nitrogens is 2. The number of hydrogen-bond donors (Lipinski definition) is 3. The highest BCUT2D eigenvalue weighted by atomic mass is 32.1. The maximum atomic E-state index is 12.6. The van der Waals surface area contributed by atoms with Crippen LogP contribution in [0.25, 0.3) is 10.2 Å². The third-order valence-electron chi connectivity index (χ3n) is 5.04. The molecular weight excluding hydrogens is 360 g/mol. The first kappa shape index (κ1) is 17.9. The van der Waals surface area contributed by atoms with Crippen LogP contribution in [0.4, 0.5) is 0 Å². The maximum absolute atomic E-state index is 12.6. The molecule has 27 heavy (non-hydrogen) atoms. The Morgan fingerprint density at radius 2 is 2.04 bits per heavy atom. The number of carbonyl (C=O) groups is 1. The van der Waals surface area contributed by atoms with Crippen LogP contribution in [0.3, 0.4) is 0 Å². The first-order chi connectivity index (χ1) is 13.0. The molecule has 1 aromatic carbocycles. The van der Waals surface area contributed by atoms with Gasteiger partial charge in [0.2, 0.25) is 0 Å². The van der Waals surface area contributed by atoms with Crippen LogP contribution >= 0.6 is 11.3 Å². The van der Waals surface area contributed by atoms with Gasteiger partial charge in [-0.2, -0.15) is 0 Å². The van der Waals surface area contributed by atoms with Gasteiger partial charge in [-0.25, -0.2) is 4.98 Å². The van der Waals surface area contributed by atoms with Gasteiger partial charge in [-0.05, 0) is 37.0 Å². The number of thiophene rings is 1. The Hall–Kier alpha value is -2.51. The van der Waals surface area contributed by atoms with Gasteiger partial charge in [0.1, 0.15) is 17.9 Å². The fourth-order valence-electron chi connectivity index (χ4n) is 3.75. The molecule has 0 spiro atoms. The lowest BCUT2D eigenvalue weighted by Crippen LogP contribution is -3.06. The Morgan fingerprint density at radius 1 is 1.26 bits per heavy atom. The van der Waals surface area contributed by atoms with Crippen molar-refractivity contribution in [2.45, 2.75) is 32.4 Å². The van der Waals surface area contributed by atoms with E-state index in [0.717, 1.165) is 47.4 Å². The molecule has 2 heterocycles. The lowest BCUT2D eigenvalue weighted by atomic mass is 10.1. The summed E-state index contributed by atoms with van der Waals surface area (Å²) < 4.78 is 0. The zero-order valence-electron chi connectivity index (χ0n) is 15.5. The van der Waals surface area contributed by atoms with Gasteiger partial charge >= 0.3 is 0 Å². The molecule has 1 amide bonds. The summed E-state index contributed by atoms with van der Waals surface area (Å²) in [5.41, 5.74) is 3.00. The highest BCUT2D eigenvalue weighted by molar-refractivity contribution is 7.18. The Kier molecular flexibility index (Phi) is 4.80. The predicted molar refractivity (Wildman–Crippen MR) is 106 cm³/mol. The van der Waals surface area contributed by atoms with Crippen molar-refractivity contribution in [3.8, 4) is 0 Å². The monoisotopic (exact) mass is 383 g/mol. The van der Waals surface area contributed by atoms with E-state index in [2.05, 4.69) is 17.3 Å².